The fraction of sp³-hybridized carbons (Fsp3) is 0.318. The smallest absolute Gasteiger partial charge is 0.218 e. The first-order valence-corrected chi connectivity index (χ1v) is 10.6. The maximum Gasteiger partial charge on any atom is 0.218 e. The fourth-order valence-electron chi connectivity index (χ4n) is 3.86. The highest BCUT2D eigenvalue weighted by molar-refractivity contribution is 9.10. The molecular weight excluding hydrogens is 446 g/mol. The van der Waals surface area contributed by atoms with Crippen molar-refractivity contribution < 1.29 is 9.90 Å². The lowest BCUT2D eigenvalue weighted by molar-refractivity contribution is 0.103. The highest BCUT2D eigenvalue weighted by atomic mass is 79.9. The van der Waals surface area contributed by atoms with E-state index in [1.165, 1.54) is 12.5 Å². The lowest BCUT2D eigenvalue weighted by Crippen LogP contribution is -2.32. The number of anilines is 1. The minimum atomic E-state index is -0.438. The van der Waals surface area contributed by atoms with Crippen molar-refractivity contribution in [3.05, 3.63) is 77.3 Å². The zero-order valence-electron chi connectivity index (χ0n) is 16.6. The zero-order chi connectivity index (χ0) is 21.3. The third-order valence-corrected chi connectivity index (χ3v) is 6.05. The summed E-state index contributed by atoms with van der Waals surface area (Å²) in [6.45, 7) is 4.57. The van der Waals surface area contributed by atoms with Gasteiger partial charge in [-0.1, -0.05) is 28.1 Å². The molecule has 0 aliphatic heterocycles. The normalized spacial score (nSPS) is 21.0. The topological polar surface area (TPSA) is 84.1 Å². The van der Waals surface area contributed by atoms with Crippen LogP contribution in [0.3, 0.4) is 0 Å². The number of carbonyl (C=O) groups is 1. The van der Waals surface area contributed by atoms with E-state index in [0.717, 1.165) is 16.5 Å². The van der Waals surface area contributed by atoms with Gasteiger partial charge in [0, 0.05) is 30.0 Å². The molecule has 155 valence electrons. The molecule has 0 amide bonds. The molecule has 2 aromatic heterocycles. The van der Waals surface area contributed by atoms with Crippen molar-refractivity contribution in [3.8, 4) is 0 Å². The predicted octanol–water partition coefficient (Wildman–Crippen LogP) is 3.12. The van der Waals surface area contributed by atoms with Crippen LogP contribution in [0.1, 0.15) is 34.5 Å². The van der Waals surface area contributed by atoms with Crippen molar-refractivity contribution >= 4 is 27.5 Å². The van der Waals surface area contributed by atoms with Crippen LogP contribution in [0.25, 0.3) is 0 Å². The Labute approximate surface area is 183 Å². The molecule has 1 aliphatic carbocycles. The number of aromatic nitrogens is 4. The summed E-state index contributed by atoms with van der Waals surface area (Å²) in [6, 6.07) is 9.75. The maximum atomic E-state index is 13.2. The average molecular weight is 469 g/mol. The van der Waals surface area contributed by atoms with Crippen LogP contribution in [0.15, 0.2) is 53.5 Å². The van der Waals surface area contributed by atoms with Crippen molar-refractivity contribution in [2.24, 2.45) is 5.92 Å². The third-order valence-electron chi connectivity index (χ3n) is 5.56. The van der Waals surface area contributed by atoms with Gasteiger partial charge in [0.2, 0.25) is 5.78 Å². The van der Waals surface area contributed by atoms with E-state index in [2.05, 4.69) is 37.9 Å². The van der Waals surface area contributed by atoms with Crippen LogP contribution >= 0.6 is 15.9 Å². The van der Waals surface area contributed by atoms with Gasteiger partial charge in [0.1, 0.15) is 17.8 Å². The van der Waals surface area contributed by atoms with Gasteiger partial charge in [-0.3, -0.25) is 9.48 Å². The number of hydrogen-bond acceptors (Lipinski definition) is 6. The van der Waals surface area contributed by atoms with Gasteiger partial charge < -0.3 is 10.0 Å². The lowest BCUT2D eigenvalue weighted by atomic mass is 10.1. The monoisotopic (exact) mass is 468 g/mol. The van der Waals surface area contributed by atoms with Gasteiger partial charge in [0.05, 0.1) is 18.2 Å². The molecule has 1 aliphatic rings. The first-order chi connectivity index (χ1) is 14.4. The number of carbonyl (C=O) groups excluding carboxylic acids is 1. The minimum absolute atomic E-state index is 0.0211. The van der Waals surface area contributed by atoms with E-state index in [4.69, 9.17) is 0 Å². The van der Waals surface area contributed by atoms with Crippen LogP contribution in [0.2, 0.25) is 0 Å². The number of nitrogens with zero attached hydrogens (tertiary/aromatic N) is 5. The van der Waals surface area contributed by atoms with E-state index in [1.54, 1.807) is 16.9 Å². The summed E-state index contributed by atoms with van der Waals surface area (Å²) in [7, 11) is 1.89. The maximum absolute atomic E-state index is 13.2. The molecule has 3 aromatic rings. The second-order valence-corrected chi connectivity index (χ2v) is 8.60. The summed E-state index contributed by atoms with van der Waals surface area (Å²) in [6.07, 6.45) is 5.66. The number of halogens is 1. The summed E-state index contributed by atoms with van der Waals surface area (Å²) >= 11 is 3.47. The quantitative estimate of drug-likeness (QED) is 0.559. The van der Waals surface area contributed by atoms with Crippen LogP contribution in [0.5, 0.6) is 0 Å². The SMILES string of the molecule is [CH2][C@@H]1C[C@@H](N(C)c2ncncc2C(=O)c2ccn(Cc3cccc(Br)c3)n2)C[C@@H]1O. The molecule has 1 aromatic carbocycles. The lowest BCUT2D eigenvalue weighted by Gasteiger charge is -2.26. The predicted molar refractivity (Wildman–Crippen MR) is 117 cm³/mol. The van der Waals surface area contributed by atoms with E-state index in [9.17, 15) is 9.90 Å². The summed E-state index contributed by atoms with van der Waals surface area (Å²) in [5, 5.41) is 14.5. The third kappa shape index (κ3) is 4.29. The number of benzene rings is 1. The molecule has 7 nitrogen and oxygen atoms in total. The van der Waals surface area contributed by atoms with E-state index < -0.39 is 6.10 Å². The molecule has 8 heteroatoms. The Morgan fingerprint density at radius 3 is 2.93 bits per heavy atom. The van der Waals surface area contributed by atoms with Crippen LogP contribution in [0.4, 0.5) is 5.82 Å². The highest BCUT2D eigenvalue weighted by Crippen LogP contribution is 2.32. The van der Waals surface area contributed by atoms with Crippen molar-refractivity contribution in [2.45, 2.75) is 31.5 Å². The largest absolute Gasteiger partial charge is 0.393 e. The Hall–Kier alpha value is -2.58. The van der Waals surface area contributed by atoms with Crippen molar-refractivity contribution in [2.75, 3.05) is 11.9 Å². The molecule has 3 atom stereocenters. The Morgan fingerprint density at radius 2 is 2.20 bits per heavy atom. The van der Waals surface area contributed by atoms with E-state index in [-0.39, 0.29) is 17.7 Å². The summed E-state index contributed by atoms with van der Waals surface area (Å²) in [4.78, 5) is 23.5. The van der Waals surface area contributed by atoms with Gasteiger partial charge in [0.15, 0.2) is 0 Å². The zero-order valence-corrected chi connectivity index (χ0v) is 18.2. The number of aliphatic hydroxyl groups excluding tert-OH is 1. The number of aliphatic hydroxyl groups is 1. The van der Waals surface area contributed by atoms with Gasteiger partial charge in [0.25, 0.3) is 0 Å². The Morgan fingerprint density at radius 1 is 1.37 bits per heavy atom. The molecule has 1 fully saturated rings. The summed E-state index contributed by atoms with van der Waals surface area (Å²) in [5.74, 6) is 0.296. The minimum Gasteiger partial charge on any atom is -0.393 e. The Balaban J connectivity index is 1.55. The second-order valence-electron chi connectivity index (χ2n) is 7.68. The van der Waals surface area contributed by atoms with Gasteiger partial charge in [-0.15, -0.1) is 0 Å². The molecular formula is C22H23BrN5O2. The molecule has 1 N–H and O–H groups in total. The van der Waals surface area contributed by atoms with Crippen molar-refractivity contribution in [3.63, 3.8) is 0 Å². The first-order valence-electron chi connectivity index (χ1n) is 9.79. The molecule has 0 bridgehead atoms. The Kier molecular flexibility index (Phi) is 5.97. The molecule has 1 saturated carbocycles. The molecule has 2 heterocycles. The highest BCUT2D eigenvalue weighted by Gasteiger charge is 2.34. The summed E-state index contributed by atoms with van der Waals surface area (Å²) in [5.41, 5.74) is 1.82. The number of hydrogen-bond donors (Lipinski definition) is 1. The fourth-order valence-corrected chi connectivity index (χ4v) is 4.31. The van der Waals surface area contributed by atoms with Crippen LogP contribution in [-0.2, 0) is 6.54 Å². The van der Waals surface area contributed by atoms with Crippen LogP contribution in [-0.4, -0.2) is 49.8 Å². The van der Waals surface area contributed by atoms with Crippen molar-refractivity contribution in [1.29, 1.82) is 0 Å². The van der Waals surface area contributed by atoms with E-state index >= 15 is 0 Å². The molecule has 30 heavy (non-hydrogen) atoms. The molecule has 1 radical (unpaired) electrons. The van der Waals surface area contributed by atoms with Crippen LogP contribution in [0, 0.1) is 12.8 Å². The molecule has 0 saturated heterocycles. The Bertz CT molecular complexity index is 1040. The summed E-state index contributed by atoms with van der Waals surface area (Å²) < 4.78 is 2.74. The number of rotatable bonds is 6. The van der Waals surface area contributed by atoms with Crippen LogP contribution < -0.4 is 4.90 Å². The molecule has 0 spiro atoms. The van der Waals surface area contributed by atoms with Gasteiger partial charge in [-0.2, -0.15) is 5.10 Å². The van der Waals surface area contributed by atoms with Gasteiger partial charge >= 0.3 is 0 Å². The average Bonchev–Trinajstić information content (AvgIpc) is 3.33. The standard InChI is InChI=1S/C22H23BrN5O2/c1-14-8-17(10-20(14)29)27(2)22-18(11-24-13-25-22)21(30)19-6-7-28(26-19)12-15-4-3-5-16(23)9-15/h3-7,9,11,13-14,17,20,29H,1,8,10,12H2,2H3/t14-,17-,20+/m1/s1. The first kappa shape index (κ1) is 20.7. The number of ketones is 1. The molecule has 0 unspecified atom stereocenters. The molecule has 4 rings (SSSR count). The van der Waals surface area contributed by atoms with Gasteiger partial charge in [-0.05, 0) is 49.4 Å². The van der Waals surface area contributed by atoms with Crippen molar-refractivity contribution in [1.82, 2.24) is 19.7 Å². The van der Waals surface area contributed by atoms with Gasteiger partial charge in [-0.25, -0.2) is 9.97 Å². The van der Waals surface area contributed by atoms with E-state index in [0.29, 0.717) is 30.0 Å². The second kappa shape index (κ2) is 8.65. The van der Waals surface area contributed by atoms with E-state index in [1.807, 2.05) is 36.2 Å².